The lowest BCUT2D eigenvalue weighted by Gasteiger charge is -2.18. The lowest BCUT2D eigenvalue weighted by molar-refractivity contribution is -0.108. The average Bonchev–Trinajstić information content (AvgIpc) is 2.88. The SMILES string of the molecule is N#CCCN(CCC=O)C1CC1. The molecule has 0 heterocycles. The number of hydrogen-bond donors (Lipinski definition) is 0. The van der Waals surface area contributed by atoms with E-state index in [4.69, 9.17) is 5.26 Å². The molecule has 0 bridgehead atoms. The van der Waals surface area contributed by atoms with Gasteiger partial charge in [0.2, 0.25) is 0 Å². The van der Waals surface area contributed by atoms with Crippen molar-refractivity contribution in [3.63, 3.8) is 0 Å². The molecule has 0 spiro atoms. The zero-order valence-corrected chi connectivity index (χ0v) is 7.20. The molecule has 1 saturated carbocycles. The second-order valence-electron chi connectivity index (χ2n) is 3.13. The van der Waals surface area contributed by atoms with Crippen molar-refractivity contribution in [2.75, 3.05) is 13.1 Å². The molecule has 1 fully saturated rings. The van der Waals surface area contributed by atoms with Crippen LogP contribution >= 0.6 is 0 Å². The van der Waals surface area contributed by atoms with Crippen molar-refractivity contribution in [3.8, 4) is 6.07 Å². The molecule has 0 saturated heterocycles. The Balaban J connectivity index is 2.18. The van der Waals surface area contributed by atoms with Crippen LogP contribution < -0.4 is 0 Å². The van der Waals surface area contributed by atoms with Crippen LogP contribution in [-0.2, 0) is 4.79 Å². The summed E-state index contributed by atoms with van der Waals surface area (Å²) in [5.74, 6) is 0. The summed E-state index contributed by atoms with van der Waals surface area (Å²) in [6.45, 7) is 1.66. The summed E-state index contributed by atoms with van der Waals surface area (Å²) in [6, 6.07) is 2.79. The summed E-state index contributed by atoms with van der Waals surface area (Å²) in [4.78, 5) is 12.4. The van der Waals surface area contributed by atoms with E-state index in [1.54, 1.807) is 0 Å². The molecule has 0 atom stereocenters. The fourth-order valence-electron chi connectivity index (χ4n) is 1.33. The molecule has 0 aliphatic heterocycles. The topological polar surface area (TPSA) is 44.1 Å². The Bertz CT molecular complexity index is 181. The average molecular weight is 166 g/mol. The van der Waals surface area contributed by atoms with E-state index < -0.39 is 0 Å². The van der Waals surface area contributed by atoms with Crippen LogP contribution in [0.25, 0.3) is 0 Å². The zero-order chi connectivity index (χ0) is 8.81. The Morgan fingerprint density at radius 2 is 2.25 bits per heavy atom. The minimum atomic E-state index is 0.579. The molecular formula is C9H14N2O. The maximum Gasteiger partial charge on any atom is 0.121 e. The summed E-state index contributed by atoms with van der Waals surface area (Å²) < 4.78 is 0. The van der Waals surface area contributed by atoms with Crippen molar-refractivity contribution in [2.45, 2.75) is 31.7 Å². The second kappa shape index (κ2) is 4.89. The van der Waals surface area contributed by atoms with Crippen LogP contribution in [0.2, 0.25) is 0 Å². The van der Waals surface area contributed by atoms with Gasteiger partial charge in [-0.05, 0) is 12.8 Å². The number of nitrogens with zero attached hydrogens (tertiary/aromatic N) is 2. The molecule has 1 aliphatic rings. The molecule has 0 N–H and O–H groups in total. The third kappa shape index (κ3) is 3.02. The zero-order valence-electron chi connectivity index (χ0n) is 7.20. The van der Waals surface area contributed by atoms with Crippen LogP contribution in [0.1, 0.15) is 25.7 Å². The number of carbonyl (C=O) groups is 1. The predicted octanol–water partition coefficient (Wildman–Crippen LogP) is 0.953. The quantitative estimate of drug-likeness (QED) is 0.552. The maximum atomic E-state index is 10.1. The maximum absolute atomic E-state index is 10.1. The number of carbonyl (C=O) groups excluding carboxylic acids is 1. The van der Waals surface area contributed by atoms with Gasteiger partial charge in [-0.1, -0.05) is 0 Å². The van der Waals surface area contributed by atoms with Gasteiger partial charge in [-0.2, -0.15) is 5.26 Å². The van der Waals surface area contributed by atoms with Crippen LogP contribution in [0.4, 0.5) is 0 Å². The van der Waals surface area contributed by atoms with E-state index in [2.05, 4.69) is 11.0 Å². The van der Waals surface area contributed by atoms with Gasteiger partial charge in [-0.15, -0.1) is 0 Å². The van der Waals surface area contributed by atoms with E-state index >= 15 is 0 Å². The van der Waals surface area contributed by atoms with Gasteiger partial charge in [-0.3, -0.25) is 4.90 Å². The van der Waals surface area contributed by atoms with Gasteiger partial charge in [0.05, 0.1) is 6.07 Å². The van der Waals surface area contributed by atoms with Gasteiger partial charge in [0, 0.05) is 32.0 Å². The van der Waals surface area contributed by atoms with E-state index in [-0.39, 0.29) is 0 Å². The lowest BCUT2D eigenvalue weighted by atomic mass is 10.3. The fraction of sp³-hybridized carbons (Fsp3) is 0.778. The number of hydrogen-bond acceptors (Lipinski definition) is 3. The van der Waals surface area contributed by atoms with Crippen molar-refractivity contribution in [2.24, 2.45) is 0 Å². The minimum Gasteiger partial charge on any atom is -0.303 e. The third-order valence-corrected chi connectivity index (χ3v) is 2.11. The Kier molecular flexibility index (Phi) is 3.75. The van der Waals surface area contributed by atoms with Gasteiger partial charge < -0.3 is 4.79 Å². The van der Waals surface area contributed by atoms with Crippen molar-refractivity contribution in [1.29, 1.82) is 5.26 Å². The van der Waals surface area contributed by atoms with E-state index in [0.717, 1.165) is 19.4 Å². The molecule has 3 heteroatoms. The molecule has 0 radical (unpaired) electrons. The van der Waals surface area contributed by atoms with Crippen molar-refractivity contribution in [3.05, 3.63) is 0 Å². The molecule has 0 unspecified atom stereocenters. The minimum absolute atomic E-state index is 0.579. The number of aldehydes is 1. The normalized spacial score (nSPS) is 16.0. The molecule has 12 heavy (non-hydrogen) atoms. The second-order valence-corrected chi connectivity index (χ2v) is 3.13. The standard InChI is InChI=1S/C9H14N2O/c10-5-1-6-11(7-2-8-12)9-3-4-9/h8-9H,1-4,6-7H2. The van der Waals surface area contributed by atoms with Crippen LogP contribution in [0.5, 0.6) is 0 Å². The summed E-state index contributed by atoms with van der Waals surface area (Å²) in [5, 5.41) is 8.40. The summed E-state index contributed by atoms with van der Waals surface area (Å²) in [6.07, 6.45) is 4.60. The fourth-order valence-corrected chi connectivity index (χ4v) is 1.33. The van der Waals surface area contributed by atoms with Crippen LogP contribution in [0, 0.1) is 11.3 Å². The van der Waals surface area contributed by atoms with E-state index in [0.29, 0.717) is 18.9 Å². The number of nitriles is 1. The van der Waals surface area contributed by atoms with Crippen molar-refractivity contribution >= 4 is 6.29 Å². The monoisotopic (exact) mass is 166 g/mol. The highest BCUT2D eigenvalue weighted by molar-refractivity contribution is 5.49. The highest BCUT2D eigenvalue weighted by Gasteiger charge is 2.27. The molecule has 0 aromatic rings. The van der Waals surface area contributed by atoms with Crippen molar-refractivity contribution in [1.82, 2.24) is 4.90 Å². The van der Waals surface area contributed by atoms with Gasteiger partial charge in [0.15, 0.2) is 0 Å². The Morgan fingerprint density at radius 1 is 1.50 bits per heavy atom. The molecule has 0 aromatic heterocycles. The molecule has 1 aliphatic carbocycles. The van der Waals surface area contributed by atoms with Gasteiger partial charge in [0.25, 0.3) is 0 Å². The lowest BCUT2D eigenvalue weighted by Crippen LogP contribution is -2.28. The Morgan fingerprint density at radius 3 is 2.75 bits per heavy atom. The summed E-state index contributed by atoms with van der Waals surface area (Å²) in [5.41, 5.74) is 0. The summed E-state index contributed by atoms with van der Waals surface area (Å²) >= 11 is 0. The Labute approximate surface area is 73.0 Å². The largest absolute Gasteiger partial charge is 0.303 e. The number of rotatable bonds is 6. The first-order valence-electron chi connectivity index (χ1n) is 4.43. The van der Waals surface area contributed by atoms with Crippen molar-refractivity contribution < 1.29 is 4.79 Å². The molecule has 66 valence electrons. The highest BCUT2D eigenvalue weighted by atomic mass is 16.1. The Hall–Kier alpha value is -0.880. The van der Waals surface area contributed by atoms with Crippen LogP contribution in [-0.4, -0.2) is 30.3 Å². The first kappa shape index (κ1) is 9.21. The highest BCUT2D eigenvalue weighted by Crippen LogP contribution is 2.26. The molecule has 0 aromatic carbocycles. The van der Waals surface area contributed by atoms with Gasteiger partial charge in [-0.25, -0.2) is 0 Å². The summed E-state index contributed by atoms with van der Waals surface area (Å²) in [7, 11) is 0. The van der Waals surface area contributed by atoms with Crippen LogP contribution in [0.3, 0.4) is 0 Å². The van der Waals surface area contributed by atoms with Gasteiger partial charge >= 0.3 is 0 Å². The van der Waals surface area contributed by atoms with E-state index in [1.807, 2.05) is 0 Å². The molecule has 0 amide bonds. The van der Waals surface area contributed by atoms with Crippen LogP contribution in [0.15, 0.2) is 0 Å². The predicted molar refractivity (Wildman–Crippen MR) is 45.5 cm³/mol. The molecule has 1 rings (SSSR count). The van der Waals surface area contributed by atoms with E-state index in [9.17, 15) is 4.79 Å². The smallest absolute Gasteiger partial charge is 0.121 e. The van der Waals surface area contributed by atoms with Gasteiger partial charge in [0.1, 0.15) is 6.29 Å². The van der Waals surface area contributed by atoms with E-state index in [1.165, 1.54) is 12.8 Å². The molecule has 3 nitrogen and oxygen atoms in total. The molecular weight excluding hydrogens is 152 g/mol. The first-order chi connectivity index (χ1) is 5.88. The third-order valence-electron chi connectivity index (χ3n) is 2.11. The first-order valence-corrected chi connectivity index (χ1v) is 4.43.